The van der Waals surface area contributed by atoms with E-state index in [4.69, 9.17) is 10.5 Å². The minimum atomic E-state index is -1.19. The highest BCUT2D eigenvalue weighted by molar-refractivity contribution is 8.00. The number of thioether (sulfide) groups is 1. The van der Waals surface area contributed by atoms with E-state index >= 15 is 0 Å². The molecule has 7 heteroatoms. The highest BCUT2D eigenvalue weighted by atomic mass is 32.2. The van der Waals surface area contributed by atoms with Gasteiger partial charge in [-0.1, -0.05) is 30.0 Å². The van der Waals surface area contributed by atoms with Crippen LogP contribution in [0, 0.1) is 11.8 Å². The number of carboxylic acids is 1. The molecule has 1 fully saturated rings. The molecular weight excluding hydrogens is 316 g/mol. The van der Waals surface area contributed by atoms with E-state index in [-0.39, 0.29) is 23.4 Å². The Labute approximate surface area is 137 Å². The Balaban J connectivity index is 1.72. The first-order valence-corrected chi connectivity index (χ1v) is 7.98. The number of carbonyl (C=O) groups excluding carboxylic acids is 1. The van der Waals surface area contributed by atoms with Crippen molar-refractivity contribution >= 4 is 23.6 Å². The van der Waals surface area contributed by atoms with Gasteiger partial charge in [0.1, 0.15) is 23.8 Å². The predicted molar refractivity (Wildman–Crippen MR) is 85.0 cm³/mol. The number of carbonyl (C=O) groups is 2. The maximum atomic E-state index is 11.8. The fraction of sp³-hybridized carbons (Fsp3) is 0.250. The topological polar surface area (TPSA) is 92.9 Å². The van der Waals surface area contributed by atoms with Crippen molar-refractivity contribution in [2.45, 2.75) is 11.4 Å². The van der Waals surface area contributed by atoms with Crippen molar-refractivity contribution in [3.63, 3.8) is 0 Å². The van der Waals surface area contributed by atoms with Crippen molar-refractivity contribution in [2.75, 3.05) is 12.4 Å². The van der Waals surface area contributed by atoms with E-state index in [0.29, 0.717) is 5.75 Å². The van der Waals surface area contributed by atoms with Crippen LogP contribution in [0.2, 0.25) is 0 Å². The molecule has 2 heterocycles. The molecule has 6 nitrogen and oxygen atoms in total. The molecule has 1 saturated heterocycles. The van der Waals surface area contributed by atoms with Crippen LogP contribution in [-0.2, 0) is 14.3 Å². The van der Waals surface area contributed by atoms with E-state index in [1.807, 2.05) is 30.3 Å². The lowest BCUT2D eigenvalue weighted by Crippen LogP contribution is -2.68. The number of nitrogens with zero attached hydrogens (tertiary/aromatic N) is 1. The molecule has 0 radical (unpaired) electrons. The number of ether oxygens (including phenoxy) is 1. The Morgan fingerprint density at radius 3 is 2.87 bits per heavy atom. The summed E-state index contributed by atoms with van der Waals surface area (Å²) in [5.74, 6) is 4.79. The number of amides is 1. The second-order valence-electron chi connectivity index (χ2n) is 4.97. The number of aliphatic carboxylic acids is 1. The number of carboxylic acid groups (broad SMARTS) is 1. The summed E-state index contributed by atoms with van der Waals surface area (Å²) in [4.78, 5) is 24.4. The van der Waals surface area contributed by atoms with Gasteiger partial charge in [-0.15, -0.1) is 11.8 Å². The van der Waals surface area contributed by atoms with Crippen molar-refractivity contribution in [1.29, 1.82) is 0 Å². The number of benzene rings is 1. The van der Waals surface area contributed by atoms with Gasteiger partial charge in [0.2, 0.25) is 5.91 Å². The summed E-state index contributed by atoms with van der Waals surface area (Å²) in [7, 11) is 0. The predicted octanol–water partition coefficient (Wildman–Crippen LogP) is 0.593. The van der Waals surface area contributed by atoms with Crippen LogP contribution in [-0.4, -0.2) is 45.7 Å². The molecular formula is C16H14N2O4S. The van der Waals surface area contributed by atoms with Crippen LogP contribution in [0.15, 0.2) is 41.8 Å². The lowest BCUT2D eigenvalue weighted by atomic mass is 10.1. The van der Waals surface area contributed by atoms with Gasteiger partial charge in [0.15, 0.2) is 5.70 Å². The lowest BCUT2D eigenvalue weighted by Gasteiger charge is -2.47. The van der Waals surface area contributed by atoms with Crippen LogP contribution in [0.25, 0.3) is 0 Å². The third kappa shape index (κ3) is 2.91. The number of β-lactam (4-membered cyclic amide) rings is 1. The van der Waals surface area contributed by atoms with Crippen molar-refractivity contribution in [1.82, 2.24) is 4.90 Å². The number of nitrogens with two attached hydrogens (primary N) is 1. The van der Waals surface area contributed by atoms with E-state index < -0.39 is 17.9 Å². The third-order valence-corrected chi connectivity index (χ3v) is 4.78. The zero-order valence-electron chi connectivity index (χ0n) is 12.1. The largest absolute Gasteiger partial charge is 0.482 e. The number of hydrogen-bond donors (Lipinski definition) is 2. The maximum Gasteiger partial charge on any atom is 0.356 e. The highest BCUT2D eigenvalue weighted by Crippen LogP contribution is 2.39. The van der Waals surface area contributed by atoms with Crippen LogP contribution in [0.4, 0.5) is 0 Å². The van der Waals surface area contributed by atoms with Crippen LogP contribution < -0.4 is 5.73 Å². The lowest BCUT2D eigenvalue weighted by molar-refractivity contribution is -0.148. The number of fused-ring (bicyclic) bond motifs is 1. The number of hydrogen-bond acceptors (Lipinski definition) is 5. The highest BCUT2D eigenvalue weighted by Gasteiger charge is 2.52. The monoisotopic (exact) mass is 330 g/mol. The Kier molecular flexibility index (Phi) is 4.28. The summed E-state index contributed by atoms with van der Waals surface area (Å²) in [5.41, 5.74) is 6.41. The quantitative estimate of drug-likeness (QED) is 0.622. The summed E-state index contributed by atoms with van der Waals surface area (Å²) < 4.78 is 5.48. The van der Waals surface area contributed by atoms with E-state index in [0.717, 1.165) is 5.56 Å². The fourth-order valence-corrected chi connectivity index (χ4v) is 3.61. The summed E-state index contributed by atoms with van der Waals surface area (Å²) in [6, 6.07) is 8.76. The zero-order valence-corrected chi connectivity index (χ0v) is 12.9. The molecule has 2 atom stereocenters. The normalized spacial score (nSPS) is 22.7. The molecule has 1 aromatic carbocycles. The van der Waals surface area contributed by atoms with Crippen molar-refractivity contribution in [3.8, 4) is 11.8 Å². The SMILES string of the molecule is N[C@@H]1C(=O)N2C(C(=O)O)=C(OCC#Cc3ccccc3)CS[C@@H]12. The Morgan fingerprint density at radius 1 is 1.43 bits per heavy atom. The molecule has 1 amide bonds. The standard InChI is InChI=1S/C16H14N2O4S/c17-12-14(19)18-13(16(20)21)11(9-23-15(12)18)22-8-4-7-10-5-2-1-3-6-10/h1-3,5-6,12,15H,8-9,17H2,(H,20,21)/t12-,15+/m1/s1. The first-order chi connectivity index (χ1) is 11.1. The van der Waals surface area contributed by atoms with Gasteiger partial charge >= 0.3 is 5.97 Å². The van der Waals surface area contributed by atoms with Gasteiger partial charge in [-0.25, -0.2) is 4.79 Å². The minimum absolute atomic E-state index is 0.0559. The Bertz CT molecular complexity index is 735. The molecule has 0 spiro atoms. The van der Waals surface area contributed by atoms with E-state index in [2.05, 4.69) is 11.8 Å². The first kappa shape index (κ1) is 15.5. The van der Waals surface area contributed by atoms with Crippen LogP contribution in [0.5, 0.6) is 0 Å². The van der Waals surface area contributed by atoms with Gasteiger partial charge in [0, 0.05) is 5.56 Å². The average Bonchev–Trinajstić information content (AvgIpc) is 2.58. The second-order valence-corrected chi connectivity index (χ2v) is 6.07. The minimum Gasteiger partial charge on any atom is -0.482 e. The molecule has 0 saturated carbocycles. The Morgan fingerprint density at radius 2 is 2.17 bits per heavy atom. The summed E-state index contributed by atoms with van der Waals surface area (Å²) in [5, 5.41) is 9.03. The average molecular weight is 330 g/mol. The molecule has 0 aromatic heterocycles. The fourth-order valence-electron chi connectivity index (χ4n) is 2.38. The zero-order chi connectivity index (χ0) is 16.4. The summed E-state index contributed by atoms with van der Waals surface area (Å²) >= 11 is 1.39. The van der Waals surface area contributed by atoms with Gasteiger partial charge < -0.3 is 15.6 Å². The van der Waals surface area contributed by atoms with Crippen LogP contribution in [0.1, 0.15) is 5.56 Å². The number of rotatable bonds is 3. The molecule has 23 heavy (non-hydrogen) atoms. The van der Waals surface area contributed by atoms with E-state index in [9.17, 15) is 14.7 Å². The molecule has 0 bridgehead atoms. The van der Waals surface area contributed by atoms with Gasteiger partial charge in [0.05, 0.1) is 5.75 Å². The van der Waals surface area contributed by atoms with Crippen LogP contribution in [0.3, 0.4) is 0 Å². The Hall–Kier alpha value is -2.43. The summed E-state index contributed by atoms with van der Waals surface area (Å²) in [6.07, 6.45) is 0. The maximum absolute atomic E-state index is 11.8. The van der Waals surface area contributed by atoms with Gasteiger partial charge in [0.25, 0.3) is 0 Å². The van der Waals surface area contributed by atoms with Crippen molar-refractivity contribution in [3.05, 3.63) is 47.4 Å². The first-order valence-electron chi connectivity index (χ1n) is 6.93. The van der Waals surface area contributed by atoms with Crippen molar-refractivity contribution in [2.24, 2.45) is 5.73 Å². The van der Waals surface area contributed by atoms with E-state index in [1.165, 1.54) is 16.7 Å². The third-order valence-electron chi connectivity index (χ3n) is 3.50. The smallest absolute Gasteiger partial charge is 0.356 e. The molecule has 118 valence electrons. The van der Waals surface area contributed by atoms with E-state index in [1.54, 1.807) is 0 Å². The molecule has 2 aliphatic rings. The van der Waals surface area contributed by atoms with Crippen LogP contribution >= 0.6 is 11.8 Å². The molecule has 3 N–H and O–H groups in total. The van der Waals surface area contributed by atoms with Gasteiger partial charge in [-0.3, -0.25) is 9.69 Å². The molecule has 0 aliphatic carbocycles. The van der Waals surface area contributed by atoms with Gasteiger partial charge in [-0.2, -0.15) is 0 Å². The second kappa shape index (κ2) is 6.36. The van der Waals surface area contributed by atoms with Gasteiger partial charge in [-0.05, 0) is 12.1 Å². The summed E-state index contributed by atoms with van der Waals surface area (Å²) in [6.45, 7) is 0.0559. The van der Waals surface area contributed by atoms with Crippen molar-refractivity contribution < 1.29 is 19.4 Å². The molecule has 3 rings (SSSR count). The molecule has 0 unspecified atom stereocenters. The molecule has 1 aromatic rings. The molecule has 2 aliphatic heterocycles.